The van der Waals surface area contributed by atoms with Crippen LogP contribution in [0.15, 0.2) is 24.3 Å². The molecule has 1 saturated heterocycles. The first-order chi connectivity index (χ1) is 13.2. The molecule has 2 aliphatic rings. The highest BCUT2D eigenvalue weighted by molar-refractivity contribution is 7.90. The van der Waals surface area contributed by atoms with E-state index < -0.39 is 14.8 Å². The molecule has 1 amide bonds. The molecule has 0 unspecified atom stereocenters. The van der Waals surface area contributed by atoms with Crippen LogP contribution in [0.3, 0.4) is 0 Å². The Hall–Kier alpha value is -1.60. The quantitative estimate of drug-likeness (QED) is 0.783. The maximum atomic E-state index is 12.6. The summed E-state index contributed by atoms with van der Waals surface area (Å²) in [6.07, 6.45) is 5.28. The van der Waals surface area contributed by atoms with Crippen molar-refractivity contribution in [3.8, 4) is 0 Å². The average Bonchev–Trinajstić information content (AvgIpc) is 3.16. The summed E-state index contributed by atoms with van der Waals surface area (Å²) in [4.78, 5) is 15.0. The Morgan fingerprint density at radius 1 is 1.00 bits per heavy atom. The molecule has 1 aliphatic heterocycles. The van der Waals surface area contributed by atoms with Crippen molar-refractivity contribution < 1.29 is 13.2 Å². The van der Waals surface area contributed by atoms with Crippen LogP contribution in [0.2, 0.25) is 0 Å². The fraction of sp³-hybridized carbons (Fsp3) is 0.667. The average molecular weight is 408 g/mol. The first-order valence-electron chi connectivity index (χ1n) is 10.3. The number of carbonyl (C=O) groups excluding carboxylic acids is 1. The molecule has 0 spiro atoms. The molecule has 2 N–H and O–H groups in total. The number of amides is 1. The van der Waals surface area contributed by atoms with Crippen LogP contribution in [0.4, 0.5) is 11.4 Å². The zero-order valence-corrected chi connectivity index (χ0v) is 18.0. The van der Waals surface area contributed by atoms with Crippen molar-refractivity contribution in [2.24, 2.45) is 5.92 Å². The number of benzene rings is 1. The monoisotopic (exact) mass is 407 g/mol. The van der Waals surface area contributed by atoms with Crippen molar-refractivity contribution in [3.63, 3.8) is 0 Å². The van der Waals surface area contributed by atoms with Gasteiger partial charge in [0.05, 0.1) is 4.75 Å². The van der Waals surface area contributed by atoms with Gasteiger partial charge < -0.3 is 10.2 Å². The second-order valence-corrected chi connectivity index (χ2v) is 11.5. The van der Waals surface area contributed by atoms with Gasteiger partial charge in [-0.2, -0.15) is 0 Å². The van der Waals surface area contributed by atoms with E-state index in [2.05, 4.69) is 27.1 Å². The molecule has 3 rings (SSSR count). The first-order valence-corrected chi connectivity index (χ1v) is 11.8. The standard InChI is InChI=1S/C21H33N3O3S/c1-21(2,3)28(26,27)23-18-8-6-16(7-9-18)20(25)22-17-10-12-19(13-11-17)24-14-4-5-15-24/h10-13,16,18,23H,4-9,14-15H2,1-3H3,(H,22,25). The van der Waals surface area contributed by atoms with Crippen molar-refractivity contribution >= 4 is 27.3 Å². The highest BCUT2D eigenvalue weighted by Crippen LogP contribution is 2.28. The topological polar surface area (TPSA) is 78.5 Å². The van der Waals surface area contributed by atoms with Gasteiger partial charge in [0.1, 0.15) is 0 Å². The maximum Gasteiger partial charge on any atom is 0.227 e. The van der Waals surface area contributed by atoms with Crippen LogP contribution in [0, 0.1) is 5.92 Å². The Kier molecular flexibility index (Phi) is 6.34. The molecule has 7 heteroatoms. The smallest absolute Gasteiger partial charge is 0.227 e. The summed E-state index contributed by atoms with van der Waals surface area (Å²) in [5.41, 5.74) is 2.03. The molecular formula is C21H33N3O3S. The Labute approximate surface area is 169 Å². The summed E-state index contributed by atoms with van der Waals surface area (Å²) in [7, 11) is -3.35. The number of nitrogens with zero attached hydrogens (tertiary/aromatic N) is 1. The first kappa shape index (κ1) is 21.1. The number of hydrogen-bond donors (Lipinski definition) is 2. The van der Waals surface area contributed by atoms with Crippen molar-refractivity contribution in [3.05, 3.63) is 24.3 Å². The van der Waals surface area contributed by atoms with Gasteiger partial charge in [-0.1, -0.05) is 0 Å². The van der Waals surface area contributed by atoms with E-state index in [1.165, 1.54) is 18.5 Å². The number of hydrogen-bond acceptors (Lipinski definition) is 4. The molecule has 1 aromatic carbocycles. The van der Waals surface area contributed by atoms with E-state index in [0.29, 0.717) is 25.7 Å². The molecule has 6 nitrogen and oxygen atoms in total. The number of rotatable bonds is 5. The third-order valence-electron chi connectivity index (χ3n) is 5.83. The molecule has 0 radical (unpaired) electrons. The minimum absolute atomic E-state index is 0.0334. The predicted octanol–water partition coefficient (Wildman–Crippen LogP) is 3.50. The number of sulfonamides is 1. The van der Waals surface area contributed by atoms with E-state index in [-0.39, 0.29) is 17.9 Å². The SMILES string of the molecule is CC(C)(C)S(=O)(=O)NC1CCC(C(=O)Nc2ccc(N3CCCC3)cc2)CC1. The maximum absolute atomic E-state index is 12.6. The van der Waals surface area contributed by atoms with E-state index >= 15 is 0 Å². The van der Waals surface area contributed by atoms with E-state index in [1.807, 2.05) is 12.1 Å². The summed E-state index contributed by atoms with van der Waals surface area (Å²) in [5, 5.41) is 3.02. The molecule has 1 saturated carbocycles. The minimum Gasteiger partial charge on any atom is -0.372 e. The van der Waals surface area contributed by atoms with E-state index in [4.69, 9.17) is 0 Å². The zero-order chi connectivity index (χ0) is 20.4. The summed E-state index contributed by atoms with van der Waals surface area (Å²) in [6.45, 7) is 7.30. The molecule has 2 fully saturated rings. The highest BCUT2D eigenvalue weighted by Gasteiger charge is 2.34. The summed E-state index contributed by atoms with van der Waals surface area (Å²) >= 11 is 0. The van der Waals surface area contributed by atoms with Gasteiger partial charge in [-0.05, 0) is 83.6 Å². The van der Waals surface area contributed by atoms with Crippen molar-refractivity contribution in [2.75, 3.05) is 23.3 Å². The summed E-state index contributed by atoms with van der Waals surface area (Å²) < 4.78 is 26.6. The Morgan fingerprint density at radius 2 is 1.57 bits per heavy atom. The van der Waals surface area contributed by atoms with E-state index in [0.717, 1.165) is 18.8 Å². The van der Waals surface area contributed by atoms with Gasteiger partial charge >= 0.3 is 0 Å². The van der Waals surface area contributed by atoms with Crippen molar-refractivity contribution in [2.45, 2.75) is 70.1 Å². The van der Waals surface area contributed by atoms with E-state index in [1.54, 1.807) is 20.8 Å². The molecule has 0 aromatic heterocycles. The van der Waals surface area contributed by atoms with Gasteiger partial charge in [0.2, 0.25) is 15.9 Å². The fourth-order valence-electron chi connectivity index (χ4n) is 3.84. The fourth-order valence-corrected chi connectivity index (χ4v) is 4.87. The Balaban J connectivity index is 1.49. The van der Waals surface area contributed by atoms with E-state index in [9.17, 15) is 13.2 Å². The molecule has 0 atom stereocenters. The predicted molar refractivity (Wildman–Crippen MR) is 114 cm³/mol. The second kappa shape index (κ2) is 8.41. The molecule has 1 aliphatic carbocycles. The van der Waals surface area contributed by atoms with Gasteiger partial charge in [-0.15, -0.1) is 0 Å². The van der Waals surface area contributed by atoms with Crippen LogP contribution in [-0.2, 0) is 14.8 Å². The summed E-state index contributed by atoms with van der Waals surface area (Å²) in [6, 6.07) is 8.00. The lowest BCUT2D eigenvalue weighted by molar-refractivity contribution is -0.120. The Morgan fingerprint density at radius 3 is 2.11 bits per heavy atom. The molecule has 0 bridgehead atoms. The lowest BCUT2D eigenvalue weighted by Gasteiger charge is -2.30. The molecule has 1 heterocycles. The van der Waals surface area contributed by atoms with Crippen LogP contribution in [0.1, 0.15) is 59.3 Å². The molecule has 156 valence electrons. The van der Waals surface area contributed by atoms with Gasteiger partial charge in [0.15, 0.2) is 0 Å². The van der Waals surface area contributed by atoms with Gasteiger partial charge in [0.25, 0.3) is 0 Å². The number of anilines is 2. The highest BCUT2D eigenvalue weighted by atomic mass is 32.2. The lowest BCUT2D eigenvalue weighted by atomic mass is 9.86. The second-order valence-electron chi connectivity index (χ2n) is 9.01. The normalized spacial score (nSPS) is 23.6. The van der Waals surface area contributed by atoms with Crippen LogP contribution in [0.5, 0.6) is 0 Å². The number of nitrogens with one attached hydrogen (secondary N) is 2. The molecular weight excluding hydrogens is 374 g/mol. The van der Waals surface area contributed by atoms with Crippen molar-refractivity contribution in [1.82, 2.24) is 4.72 Å². The largest absolute Gasteiger partial charge is 0.372 e. The lowest BCUT2D eigenvalue weighted by Crippen LogP contribution is -2.46. The number of carbonyl (C=O) groups is 1. The van der Waals surface area contributed by atoms with Crippen LogP contribution < -0.4 is 14.9 Å². The van der Waals surface area contributed by atoms with Crippen LogP contribution >= 0.6 is 0 Å². The van der Waals surface area contributed by atoms with Crippen molar-refractivity contribution in [1.29, 1.82) is 0 Å². The van der Waals surface area contributed by atoms with Gasteiger partial charge in [-0.3, -0.25) is 4.79 Å². The third-order valence-corrected chi connectivity index (χ3v) is 8.09. The third kappa shape index (κ3) is 5.06. The minimum atomic E-state index is -3.35. The molecule has 28 heavy (non-hydrogen) atoms. The van der Waals surface area contributed by atoms with Gasteiger partial charge in [0, 0.05) is 36.4 Å². The van der Waals surface area contributed by atoms with Crippen LogP contribution in [-0.4, -0.2) is 38.2 Å². The van der Waals surface area contributed by atoms with Crippen LogP contribution in [0.25, 0.3) is 0 Å². The molecule has 1 aromatic rings. The zero-order valence-electron chi connectivity index (χ0n) is 17.2. The van der Waals surface area contributed by atoms with Gasteiger partial charge in [-0.25, -0.2) is 13.1 Å². The Bertz CT molecular complexity index is 770. The summed E-state index contributed by atoms with van der Waals surface area (Å²) in [5.74, 6) is -0.0281.